The Morgan fingerprint density at radius 2 is 0.907 bits per heavy atom. The second-order valence-corrected chi connectivity index (χ2v) is 14.9. The fourth-order valence-corrected chi connectivity index (χ4v) is 8.79. The molecule has 0 bridgehead atoms. The molecule has 1 heteroatoms. The van der Waals surface area contributed by atoms with Crippen molar-refractivity contribution in [1.82, 2.24) is 0 Å². The van der Waals surface area contributed by atoms with E-state index in [1.807, 2.05) is 0 Å². The molecule has 256 valence electrons. The Bertz CT molecular complexity index is 2870. The number of benzene rings is 9. The van der Waals surface area contributed by atoms with Crippen LogP contribution in [-0.4, -0.2) is 0 Å². The van der Waals surface area contributed by atoms with Gasteiger partial charge in [-0.15, -0.1) is 0 Å². The molecule has 54 heavy (non-hydrogen) atoms. The summed E-state index contributed by atoms with van der Waals surface area (Å²) in [7, 11) is 0. The minimum absolute atomic E-state index is 0.0858. The molecule has 0 N–H and O–H groups in total. The molecule has 0 unspecified atom stereocenters. The Morgan fingerprint density at radius 1 is 0.352 bits per heavy atom. The van der Waals surface area contributed by atoms with Crippen molar-refractivity contribution in [2.24, 2.45) is 0 Å². The van der Waals surface area contributed by atoms with E-state index in [1.165, 1.54) is 77.2 Å². The molecule has 0 heterocycles. The molecule has 0 radical (unpaired) electrons. The summed E-state index contributed by atoms with van der Waals surface area (Å²) in [5, 5.41) is 4.99. The minimum atomic E-state index is -0.0858. The second kappa shape index (κ2) is 12.8. The van der Waals surface area contributed by atoms with Gasteiger partial charge < -0.3 is 4.90 Å². The number of hydrogen-bond donors (Lipinski definition) is 0. The zero-order valence-electron chi connectivity index (χ0n) is 30.5. The predicted octanol–water partition coefficient (Wildman–Crippen LogP) is 14.8. The number of anilines is 3. The molecular formula is C53H39N. The van der Waals surface area contributed by atoms with E-state index in [4.69, 9.17) is 0 Å². The topological polar surface area (TPSA) is 3.24 Å². The van der Waals surface area contributed by atoms with Gasteiger partial charge in [0.1, 0.15) is 0 Å². The maximum absolute atomic E-state index is 2.46. The standard InChI is InChI=1S/C53H39N/c1-53(2)49-28-9-7-25-48(49)52-47(27-14-29-50(52)53)46-24-8-10-30-51(46)54(42-21-11-19-39(34-42)40-32-31-36-15-3-4-17-38(36)33-40)43-22-12-20-41(35-43)45-26-13-18-37-16-5-6-23-44(37)45/h3-35H,1-2H3. The van der Waals surface area contributed by atoms with Crippen LogP contribution < -0.4 is 4.90 Å². The maximum Gasteiger partial charge on any atom is 0.0540 e. The van der Waals surface area contributed by atoms with Crippen molar-refractivity contribution in [3.8, 4) is 44.5 Å². The van der Waals surface area contributed by atoms with E-state index in [0.717, 1.165) is 17.1 Å². The van der Waals surface area contributed by atoms with E-state index in [1.54, 1.807) is 0 Å². The fraction of sp³-hybridized carbons (Fsp3) is 0.0566. The van der Waals surface area contributed by atoms with Crippen molar-refractivity contribution < 1.29 is 0 Å². The first-order chi connectivity index (χ1) is 26.5. The van der Waals surface area contributed by atoms with Crippen LogP contribution in [0.15, 0.2) is 200 Å². The van der Waals surface area contributed by atoms with Gasteiger partial charge in [-0.25, -0.2) is 0 Å². The fourth-order valence-electron chi connectivity index (χ4n) is 8.79. The first-order valence-corrected chi connectivity index (χ1v) is 18.8. The van der Waals surface area contributed by atoms with Gasteiger partial charge in [0.15, 0.2) is 0 Å². The lowest BCUT2D eigenvalue weighted by atomic mass is 9.82. The van der Waals surface area contributed by atoms with Gasteiger partial charge in [-0.1, -0.05) is 178 Å². The molecule has 0 atom stereocenters. The number of fused-ring (bicyclic) bond motifs is 5. The summed E-state index contributed by atoms with van der Waals surface area (Å²) >= 11 is 0. The molecule has 10 rings (SSSR count). The maximum atomic E-state index is 2.46. The van der Waals surface area contributed by atoms with Crippen LogP contribution in [0.25, 0.3) is 66.1 Å². The molecule has 1 aliphatic carbocycles. The first kappa shape index (κ1) is 32.0. The van der Waals surface area contributed by atoms with Crippen molar-refractivity contribution in [3.63, 3.8) is 0 Å². The minimum Gasteiger partial charge on any atom is -0.310 e. The van der Waals surface area contributed by atoms with Crippen LogP contribution in [0.5, 0.6) is 0 Å². The molecule has 0 saturated carbocycles. The lowest BCUT2D eigenvalue weighted by Gasteiger charge is -2.29. The van der Waals surface area contributed by atoms with E-state index < -0.39 is 0 Å². The van der Waals surface area contributed by atoms with E-state index in [0.29, 0.717) is 0 Å². The predicted molar refractivity (Wildman–Crippen MR) is 230 cm³/mol. The average Bonchev–Trinajstić information content (AvgIpc) is 3.47. The lowest BCUT2D eigenvalue weighted by Crippen LogP contribution is -2.15. The molecule has 0 fully saturated rings. The monoisotopic (exact) mass is 689 g/mol. The highest BCUT2D eigenvalue weighted by atomic mass is 15.1. The SMILES string of the molecule is CC1(C)c2ccccc2-c2c(-c3ccccc3N(c3cccc(-c4ccc5ccccc5c4)c3)c3cccc(-c4cccc5ccccc45)c3)cccc21. The lowest BCUT2D eigenvalue weighted by molar-refractivity contribution is 0.660. The molecule has 0 aliphatic heterocycles. The van der Waals surface area contributed by atoms with Gasteiger partial charge in [-0.05, 0) is 108 Å². The molecule has 0 spiro atoms. The van der Waals surface area contributed by atoms with E-state index in [2.05, 4.69) is 219 Å². The Labute approximate surface area is 317 Å². The molecule has 0 aromatic heterocycles. The normalized spacial score (nSPS) is 12.8. The van der Waals surface area contributed by atoms with Crippen LogP contribution in [0.3, 0.4) is 0 Å². The van der Waals surface area contributed by atoms with Gasteiger partial charge in [0.2, 0.25) is 0 Å². The average molecular weight is 690 g/mol. The highest BCUT2D eigenvalue weighted by Crippen LogP contribution is 2.54. The summed E-state index contributed by atoms with van der Waals surface area (Å²) in [5.41, 5.74) is 15.9. The van der Waals surface area contributed by atoms with Crippen molar-refractivity contribution in [1.29, 1.82) is 0 Å². The van der Waals surface area contributed by atoms with E-state index >= 15 is 0 Å². The quantitative estimate of drug-likeness (QED) is 0.168. The third kappa shape index (κ3) is 5.24. The summed E-state index contributed by atoms with van der Waals surface area (Å²) in [6.45, 7) is 4.72. The van der Waals surface area contributed by atoms with Crippen LogP contribution in [0.2, 0.25) is 0 Å². The highest BCUT2D eigenvalue weighted by Gasteiger charge is 2.37. The van der Waals surface area contributed by atoms with Crippen LogP contribution in [0.1, 0.15) is 25.0 Å². The number of para-hydroxylation sites is 1. The number of hydrogen-bond acceptors (Lipinski definition) is 1. The van der Waals surface area contributed by atoms with Crippen LogP contribution in [-0.2, 0) is 5.41 Å². The van der Waals surface area contributed by atoms with Gasteiger partial charge in [0, 0.05) is 22.4 Å². The molecular weight excluding hydrogens is 651 g/mol. The van der Waals surface area contributed by atoms with Gasteiger partial charge in [-0.2, -0.15) is 0 Å². The molecule has 9 aromatic carbocycles. The molecule has 1 aliphatic rings. The Morgan fingerprint density at radius 3 is 1.76 bits per heavy atom. The zero-order chi connectivity index (χ0) is 36.2. The summed E-state index contributed by atoms with van der Waals surface area (Å²) in [6, 6.07) is 73.5. The van der Waals surface area contributed by atoms with Crippen LogP contribution in [0.4, 0.5) is 17.1 Å². The van der Waals surface area contributed by atoms with Crippen molar-refractivity contribution in [2.75, 3.05) is 4.90 Å². The summed E-state index contributed by atoms with van der Waals surface area (Å²) in [5.74, 6) is 0. The Balaban J connectivity index is 1.20. The van der Waals surface area contributed by atoms with Gasteiger partial charge in [0.05, 0.1) is 5.69 Å². The Hall–Kier alpha value is -6.70. The highest BCUT2D eigenvalue weighted by molar-refractivity contribution is 6.00. The first-order valence-electron chi connectivity index (χ1n) is 18.8. The van der Waals surface area contributed by atoms with Crippen molar-refractivity contribution in [2.45, 2.75) is 19.3 Å². The smallest absolute Gasteiger partial charge is 0.0540 e. The van der Waals surface area contributed by atoms with Crippen molar-refractivity contribution in [3.05, 3.63) is 211 Å². The second-order valence-electron chi connectivity index (χ2n) is 14.9. The number of nitrogens with zero attached hydrogens (tertiary/aromatic N) is 1. The molecule has 1 nitrogen and oxygen atoms in total. The van der Waals surface area contributed by atoms with Gasteiger partial charge in [0.25, 0.3) is 0 Å². The van der Waals surface area contributed by atoms with Gasteiger partial charge >= 0.3 is 0 Å². The third-order valence-corrected chi connectivity index (χ3v) is 11.4. The van der Waals surface area contributed by atoms with Crippen LogP contribution >= 0.6 is 0 Å². The molecule has 0 saturated heterocycles. The largest absolute Gasteiger partial charge is 0.310 e. The van der Waals surface area contributed by atoms with E-state index in [9.17, 15) is 0 Å². The van der Waals surface area contributed by atoms with Gasteiger partial charge in [-0.3, -0.25) is 0 Å². The molecule has 0 amide bonds. The summed E-state index contributed by atoms with van der Waals surface area (Å²) < 4.78 is 0. The number of rotatable bonds is 6. The van der Waals surface area contributed by atoms with Crippen LogP contribution in [0, 0.1) is 0 Å². The Kier molecular flexibility index (Phi) is 7.56. The molecule has 9 aromatic rings. The zero-order valence-corrected chi connectivity index (χ0v) is 30.5. The van der Waals surface area contributed by atoms with Crippen molar-refractivity contribution >= 4 is 38.6 Å². The van der Waals surface area contributed by atoms with E-state index in [-0.39, 0.29) is 5.41 Å². The summed E-state index contributed by atoms with van der Waals surface area (Å²) in [6.07, 6.45) is 0. The summed E-state index contributed by atoms with van der Waals surface area (Å²) in [4.78, 5) is 2.46. The third-order valence-electron chi connectivity index (χ3n) is 11.4.